The van der Waals surface area contributed by atoms with Gasteiger partial charge < -0.3 is 10.1 Å². The van der Waals surface area contributed by atoms with Crippen molar-refractivity contribution in [2.24, 2.45) is 5.92 Å². The van der Waals surface area contributed by atoms with E-state index in [-0.39, 0.29) is 5.60 Å². The first kappa shape index (κ1) is 11.4. The Morgan fingerprint density at radius 1 is 1.27 bits per heavy atom. The van der Waals surface area contributed by atoms with E-state index in [0.29, 0.717) is 6.10 Å². The summed E-state index contributed by atoms with van der Waals surface area (Å²) in [6.45, 7) is 6.72. The van der Waals surface area contributed by atoms with Gasteiger partial charge in [0, 0.05) is 13.1 Å². The first-order valence-electron chi connectivity index (χ1n) is 6.68. The van der Waals surface area contributed by atoms with Gasteiger partial charge in [0.15, 0.2) is 0 Å². The summed E-state index contributed by atoms with van der Waals surface area (Å²) >= 11 is 0. The van der Waals surface area contributed by atoms with Crippen molar-refractivity contribution in [3.05, 3.63) is 0 Å². The molecule has 1 unspecified atom stereocenters. The summed E-state index contributed by atoms with van der Waals surface area (Å²) < 4.78 is 6.42. The van der Waals surface area contributed by atoms with E-state index in [9.17, 15) is 0 Å². The molecule has 2 fully saturated rings. The van der Waals surface area contributed by atoms with Crippen molar-refractivity contribution < 1.29 is 4.74 Å². The van der Waals surface area contributed by atoms with Gasteiger partial charge in [0.1, 0.15) is 0 Å². The molecule has 1 saturated heterocycles. The highest BCUT2D eigenvalue weighted by Crippen LogP contribution is 2.37. The van der Waals surface area contributed by atoms with Gasteiger partial charge in [-0.25, -0.2) is 0 Å². The predicted molar refractivity (Wildman–Crippen MR) is 63.0 cm³/mol. The molecule has 1 saturated carbocycles. The number of rotatable bonds is 3. The molecule has 0 aromatic rings. The van der Waals surface area contributed by atoms with Gasteiger partial charge in [-0.2, -0.15) is 0 Å². The van der Waals surface area contributed by atoms with Crippen molar-refractivity contribution in [3.8, 4) is 0 Å². The third kappa shape index (κ3) is 2.36. The fraction of sp³-hybridized carbons (Fsp3) is 1.00. The highest BCUT2D eigenvalue weighted by molar-refractivity contribution is 4.94. The molecule has 0 aromatic carbocycles. The lowest BCUT2D eigenvalue weighted by atomic mass is 9.92. The molecule has 0 amide bonds. The topological polar surface area (TPSA) is 21.3 Å². The number of ether oxygens (including phenoxy) is 1. The Balaban J connectivity index is 1.96. The van der Waals surface area contributed by atoms with E-state index in [1.807, 2.05) is 0 Å². The Morgan fingerprint density at radius 2 is 1.93 bits per heavy atom. The van der Waals surface area contributed by atoms with E-state index < -0.39 is 0 Å². The fourth-order valence-electron chi connectivity index (χ4n) is 3.24. The van der Waals surface area contributed by atoms with E-state index in [1.165, 1.54) is 38.5 Å². The second kappa shape index (κ2) is 4.84. The quantitative estimate of drug-likeness (QED) is 0.775. The smallest absolute Gasteiger partial charge is 0.0810 e. The fourth-order valence-corrected chi connectivity index (χ4v) is 3.24. The minimum Gasteiger partial charge on any atom is -0.369 e. The Hall–Kier alpha value is -0.0800. The van der Waals surface area contributed by atoms with Crippen LogP contribution in [0.15, 0.2) is 0 Å². The SMILES string of the molecule is CCC(CC)C1CNCC2(CCCC2)O1. The molecule has 2 rings (SSSR count). The number of hydrogen-bond acceptors (Lipinski definition) is 2. The van der Waals surface area contributed by atoms with E-state index in [0.717, 1.165) is 19.0 Å². The molecule has 0 bridgehead atoms. The minimum absolute atomic E-state index is 0.214. The molecule has 2 nitrogen and oxygen atoms in total. The van der Waals surface area contributed by atoms with Gasteiger partial charge in [-0.15, -0.1) is 0 Å². The first-order chi connectivity index (χ1) is 7.29. The zero-order valence-electron chi connectivity index (χ0n) is 10.2. The van der Waals surface area contributed by atoms with Crippen LogP contribution in [-0.2, 0) is 4.74 Å². The largest absolute Gasteiger partial charge is 0.369 e. The van der Waals surface area contributed by atoms with Crippen molar-refractivity contribution in [1.82, 2.24) is 5.32 Å². The lowest BCUT2D eigenvalue weighted by molar-refractivity contribution is -0.133. The molecular formula is C13H25NO. The van der Waals surface area contributed by atoms with Crippen LogP contribution in [0.1, 0.15) is 52.4 Å². The van der Waals surface area contributed by atoms with E-state index in [1.54, 1.807) is 0 Å². The normalized spacial score (nSPS) is 30.2. The van der Waals surface area contributed by atoms with Crippen LogP contribution in [0.2, 0.25) is 0 Å². The second-order valence-electron chi connectivity index (χ2n) is 5.25. The molecule has 1 aliphatic heterocycles. The first-order valence-corrected chi connectivity index (χ1v) is 6.68. The summed E-state index contributed by atoms with van der Waals surface area (Å²) in [7, 11) is 0. The van der Waals surface area contributed by atoms with Crippen molar-refractivity contribution >= 4 is 0 Å². The Labute approximate surface area is 93.8 Å². The molecule has 88 valence electrons. The molecule has 1 spiro atoms. The maximum absolute atomic E-state index is 6.42. The summed E-state index contributed by atoms with van der Waals surface area (Å²) in [6.07, 6.45) is 8.23. The Morgan fingerprint density at radius 3 is 2.53 bits per heavy atom. The zero-order chi connectivity index (χ0) is 10.7. The van der Waals surface area contributed by atoms with E-state index in [2.05, 4.69) is 19.2 Å². The third-order valence-corrected chi connectivity index (χ3v) is 4.28. The van der Waals surface area contributed by atoms with Crippen LogP contribution in [0.5, 0.6) is 0 Å². The molecule has 2 heteroatoms. The van der Waals surface area contributed by atoms with Crippen LogP contribution in [0.4, 0.5) is 0 Å². The van der Waals surface area contributed by atoms with Crippen LogP contribution in [0.3, 0.4) is 0 Å². The van der Waals surface area contributed by atoms with Crippen LogP contribution in [0.25, 0.3) is 0 Å². The van der Waals surface area contributed by atoms with Crippen molar-refractivity contribution in [3.63, 3.8) is 0 Å². The van der Waals surface area contributed by atoms with Crippen molar-refractivity contribution in [2.45, 2.75) is 64.1 Å². The summed E-state index contributed by atoms with van der Waals surface area (Å²) in [5, 5.41) is 3.59. The molecule has 15 heavy (non-hydrogen) atoms. The van der Waals surface area contributed by atoms with Crippen molar-refractivity contribution in [2.75, 3.05) is 13.1 Å². The predicted octanol–water partition coefficient (Wildman–Crippen LogP) is 2.72. The van der Waals surface area contributed by atoms with Gasteiger partial charge in [-0.3, -0.25) is 0 Å². The molecule has 1 N–H and O–H groups in total. The van der Waals surface area contributed by atoms with E-state index >= 15 is 0 Å². The van der Waals surface area contributed by atoms with Crippen molar-refractivity contribution in [1.29, 1.82) is 0 Å². The summed E-state index contributed by atoms with van der Waals surface area (Å²) in [5.74, 6) is 0.746. The minimum atomic E-state index is 0.214. The molecule has 1 atom stereocenters. The Bertz CT molecular complexity index is 195. The van der Waals surface area contributed by atoms with E-state index in [4.69, 9.17) is 4.74 Å². The number of morpholine rings is 1. The lowest BCUT2D eigenvalue weighted by Gasteiger charge is -2.42. The van der Waals surface area contributed by atoms with Crippen LogP contribution >= 0.6 is 0 Å². The summed E-state index contributed by atoms with van der Waals surface area (Å²) in [4.78, 5) is 0. The molecule has 1 aliphatic carbocycles. The lowest BCUT2D eigenvalue weighted by Crippen LogP contribution is -2.54. The van der Waals surface area contributed by atoms with Gasteiger partial charge >= 0.3 is 0 Å². The highest BCUT2D eigenvalue weighted by Gasteiger charge is 2.40. The van der Waals surface area contributed by atoms with Gasteiger partial charge in [0.05, 0.1) is 11.7 Å². The molecule has 0 radical (unpaired) electrons. The third-order valence-electron chi connectivity index (χ3n) is 4.28. The molecule has 1 heterocycles. The van der Waals surface area contributed by atoms with Crippen LogP contribution in [0, 0.1) is 5.92 Å². The standard InChI is InChI=1S/C13H25NO/c1-3-11(4-2)12-9-14-10-13(15-12)7-5-6-8-13/h11-12,14H,3-10H2,1-2H3. The van der Waals surface area contributed by atoms with Crippen LogP contribution in [-0.4, -0.2) is 24.8 Å². The maximum atomic E-state index is 6.42. The average molecular weight is 211 g/mol. The second-order valence-corrected chi connectivity index (χ2v) is 5.25. The molecule has 0 aromatic heterocycles. The molecular weight excluding hydrogens is 186 g/mol. The summed E-state index contributed by atoms with van der Waals surface area (Å²) in [5.41, 5.74) is 0.214. The zero-order valence-corrected chi connectivity index (χ0v) is 10.2. The van der Waals surface area contributed by atoms with Crippen LogP contribution < -0.4 is 5.32 Å². The highest BCUT2D eigenvalue weighted by atomic mass is 16.5. The van der Waals surface area contributed by atoms with Gasteiger partial charge in [0.25, 0.3) is 0 Å². The van der Waals surface area contributed by atoms with Gasteiger partial charge in [-0.1, -0.05) is 39.5 Å². The molecule has 2 aliphatic rings. The summed E-state index contributed by atoms with van der Waals surface area (Å²) in [6, 6.07) is 0. The van der Waals surface area contributed by atoms with Gasteiger partial charge in [0.2, 0.25) is 0 Å². The maximum Gasteiger partial charge on any atom is 0.0810 e. The Kier molecular flexibility index (Phi) is 3.68. The van der Waals surface area contributed by atoms with Gasteiger partial charge in [-0.05, 0) is 18.8 Å². The monoisotopic (exact) mass is 211 g/mol. The number of hydrogen-bond donors (Lipinski definition) is 1. The average Bonchev–Trinajstić information content (AvgIpc) is 2.68. The number of nitrogens with one attached hydrogen (secondary N) is 1.